The van der Waals surface area contributed by atoms with E-state index in [1.165, 1.54) is 0 Å². The molecule has 0 aliphatic heterocycles. The Morgan fingerprint density at radius 2 is 2.15 bits per heavy atom. The van der Waals surface area contributed by atoms with Crippen LogP contribution in [0.15, 0.2) is 6.20 Å². The number of carbonyl (C=O) groups is 1. The molecule has 0 atom stereocenters. The van der Waals surface area contributed by atoms with E-state index in [1.807, 2.05) is 0 Å². The van der Waals surface area contributed by atoms with Gasteiger partial charge in [0, 0.05) is 0 Å². The van der Waals surface area contributed by atoms with Gasteiger partial charge < -0.3 is 5.11 Å². The molecule has 0 aliphatic carbocycles. The van der Waals surface area contributed by atoms with Gasteiger partial charge in [0.1, 0.15) is 5.56 Å². The Morgan fingerprint density at radius 1 is 1.62 bits per heavy atom. The number of aromatic nitrogens is 2. The van der Waals surface area contributed by atoms with Crippen molar-refractivity contribution in [3.63, 3.8) is 0 Å². The van der Waals surface area contributed by atoms with Crippen LogP contribution in [-0.4, -0.2) is 20.9 Å². The van der Waals surface area contributed by atoms with Gasteiger partial charge in [-0.25, -0.2) is 4.79 Å². The summed E-state index contributed by atoms with van der Waals surface area (Å²) in [5.41, 5.74) is -0.877. The van der Waals surface area contributed by atoms with Gasteiger partial charge in [-0.2, -0.15) is 9.78 Å². The van der Waals surface area contributed by atoms with E-state index in [1.54, 1.807) is 0 Å². The Bertz CT molecular complexity index is 342. The highest BCUT2D eigenvalue weighted by Crippen LogP contribution is 2.24. The monoisotopic (exact) mass is 194 g/mol. The zero-order chi connectivity index (χ0) is 10.2. The second kappa shape index (κ2) is 2.75. The average Bonchev–Trinajstić information content (AvgIpc) is 2.28. The highest BCUT2D eigenvalue weighted by molar-refractivity contribution is 5.88. The molecule has 7 heteroatoms. The van der Waals surface area contributed by atoms with E-state index in [-0.39, 0.29) is 4.68 Å². The van der Waals surface area contributed by atoms with E-state index >= 15 is 0 Å². The average molecular weight is 194 g/mol. The van der Waals surface area contributed by atoms with Crippen molar-refractivity contribution in [2.24, 2.45) is 0 Å². The first-order chi connectivity index (χ1) is 5.84. The zero-order valence-electron chi connectivity index (χ0n) is 6.46. The quantitative estimate of drug-likeness (QED) is 0.734. The lowest BCUT2D eigenvalue weighted by molar-refractivity contribution is -0.213. The van der Waals surface area contributed by atoms with Gasteiger partial charge in [-0.05, 0) is 6.92 Å². The molecule has 1 rings (SSSR count). The van der Waals surface area contributed by atoms with Crippen LogP contribution < -0.4 is 0 Å². The van der Waals surface area contributed by atoms with Gasteiger partial charge in [0.05, 0.1) is 11.9 Å². The van der Waals surface area contributed by atoms with Crippen LogP contribution in [0.3, 0.4) is 0 Å². The zero-order valence-corrected chi connectivity index (χ0v) is 6.46. The molecule has 0 saturated carbocycles. The lowest BCUT2D eigenvalue weighted by Crippen LogP contribution is -2.20. The van der Waals surface area contributed by atoms with Crippen molar-refractivity contribution < 1.29 is 23.1 Å². The predicted octanol–water partition coefficient (Wildman–Crippen LogP) is 1.37. The Hall–Kier alpha value is -1.53. The maximum absolute atomic E-state index is 12.0. The molecular formula is C6H5F3N2O2. The number of alkyl halides is 3. The summed E-state index contributed by atoms with van der Waals surface area (Å²) in [7, 11) is 0. The van der Waals surface area contributed by atoms with Crippen LogP contribution >= 0.6 is 0 Å². The van der Waals surface area contributed by atoms with E-state index < -0.39 is 23.5 Å². The van der Waals surface area contributed by atoms with Crippen LogP contribution in [0.1, 0.15) is 16.1 Å². The fourth-order valence-corrected chi connectivity index (χ4v) is 0.875. The minimum atomic E-state index is -4.67. The normalized spacial score (nSPS) is 11.7. The molecule has 0 saturated heterocycles. The van der Waals surface area contributed by atoms with E-state index in [4.69, 9.17) is 5.11 Å². The van der Waals surface area contributed by atoms with Gasteiger partial charge in [-0.1, -0.05) is 0 Å². The molecule has 0 amide bonds. The summed E-state index contributed by atoms with van der Waals surface area (Å²) in [4.78, 5) is 10.3. The van der Waals surface area contributed by atoms with Crippen LogP contribution in [0.2, 0.25) is 0 Å². The van der Waals surface area contributed by atoms with Gasteiger partial charge >= 0.3 is 12.3 Å². The van der Waals surface area contributed by atoms with Crippen LogP contribution in [-0.2, 0) is 6.30 Å². The standard InChI is InChI=1S/C6H5F3N2O2/c1-3-4(5(12)13)2-10-11(3)6(7,8)9/h2H,1H3,(H,12,13). The Balaban J connectivity index is 3.22. The van der Waals surface area contributed by atoms with Crippen LogP contribution in [0.25, 0.3) is 0 Å². The third kappa shape index (κ3) is 1.63. The Kier molecular flexibility index (Phi) is 2.02. The van der Waals surface area contributed by atoms with Gasteiger partial charge in [0.25, 0.3) is 0 Å². The van der Waals surface area contributed by atoms with E-state index in [0.717, 1.165) is 6.92 Å². The second-order valence-corrected chi connectivity index (χ2v) is 2.33. The van der Waals surface area contributed by atoms with Crippen molar-refractivity contribution in [3.05, 3.63) is 17.5 Å². The van der Waals surface area contributed by atoms with Crippen molar-refractivity contribution in [1.82, 2.24) is 9.78 Å². The van der Waals surface area contributed by atoms with Gasteiger partial charge in [-0.15, -0.1) is 13.2 Å². The van der Waals surface area contributed by atoms with Gasteiger partial charge in [0.2, 0.25) is 0 Å². The molecule has 1 aromatic rings. The van der Waals surface area contributed by atoms with E-state index in [9.17, 15) is 18.0 Å². The Morgan fingerprint density at radius 3 is 2.38 bits per heavy atom. The molecule has 0 fully saturated rings. The molecule has 0 radical (unpaired) electrons. The van der Waals surface area contributed by atoms with E-state index in [0.29, 0.717) is 6.20 Å². The molecule has 1 aromatic heterocycles. The number of nitrogens with zero attached hydrogens (tertiary/aromatic N) is 2. The van der Waals surface area contributed by atoms with Crippen LogP contribution in [0, 0.1) is 6.92 Å². The van der Waals surface area contributed by atoms with E-state index in [2.05, 4.69) is 5.10 Å². The minimum absolute atomic E-state index is 0.281. The molecule has 72 valence electrons. The molecule has 0 aromatic carbocycles. The number of hydrogen-bond donors (Lipinski definition) is 1. The maximum Gasteiger partial charge on any atom is 0.504 e. The summed E-state index contributed by atoms with van der Waals surface area (Å²) in [5.74, 6) is -1.42. The summed E-state index contributed by atoms with van der Waals surface area (Å²) in [6, 6.07) is 0. The van der Waals surface area contributed by atoms with Crippen LogP contribution in [0.5, 0.6) is 0 Å². The minimum Gasteiger partial charge on any atom is -0.478 e. The fraction of sp³-hybridized carbons (Fsp3) is 0.333. The lowest BCUT2D eigenvalue weighted by Gasteiger charge is -2.07. The first kappa shape index (κ1) is 9.56. The maximum atomic E-state index is 12.0. The first-order valence-electron chi connectivity index (χ1n) is 3.19. The van der Waals surface area contributed by atoms with Crippen molar-refractivity contribution in [2.75, 3.05) is 0 Å². The Labute approximate surface area is 70.6 Å². The number of hydrogen-bond acceptors (Lipinski definition) is 2. The summed E-state index contributed by atoms with van der Waals surface area (Å²) in [6.45, 7) is 1.05. The van der Waals surface area contributed by atoms with Crippen molar-refractivity contribution in [3.8, 4) is 0 Å². The molecule has 1 heterocycles. The first-order valence-corrected chi connectivity index (χ1v) is 3.19. The topological polar surface area (TPSA) is 55.1 Å². The summed E-state index contributed by atoms with van der Waals surface area (Å²) in [6.07, 6.45) is -4.00. The largest absolute Gasteiger partial charge is 0.504 e. The molecule has 13 heavy (non-hydrogen) atoms. The molecule has 0 unspecified atom stereocenters. The molecule has 1 N–H and O–H groups in total. The molecule has 0 bridgehead atoms. The molecule has 4 nitrogen and oxygen atoms in total. The number of carboxylic acid groups (broad SMARTS) is 1. The number of carboxylic acids is 1. The predicted molar refractivity (Wildman–Crippen MR) is 35.2 cm³/mol. The number of rotatable bonds is 1. The number of halogens is 3. The third-order valence-corrected chi connectivity index (χ3v) is 1.48. The molecular weight excluding hydrogens is 189 g/mol. The lowest BCUT2D eigenvalue weighted by atomic mass is 10.3. The SMILES string of the molecule is Cc1c(C(=O)O)cnn1C(F)(F)F. The van der Waals surface area contributed by atoms with Crippen molar-refractivity contribution in [1.29, 1.82) is 0 Å². The van der Waals surface area contributed by atoms with Crippen molar-refractivity contribution >= 4 is 5.97 Å². The van der Waals surface area contributed by atoms with Gasteiger partial charge in [-0.3, -0.25) is 0 Å². The highest BCUT2D eigenvalue weighted by Gasteiger charge is 2.34. The highest BCUT2D eigenvalue weighted by atomic mass is 19.4. The second-order valence-electron chi connectivity index (χ2n) is 2.33. The van der Waals surface area contributed by atoms with Gasteiger partial charge in [0.15, 0.2) is 0 Å². The summed E-state index contributed by atoms with van der Waals surface area (Å²) < 4.78 is 35.8. The van der Waals surface area contributed by atoms with Crippen molar-refractivity contribution in [2.45, 2.75) is 13.2 Å². The smallest absolute Gasteiger partial charge is 0.478 e. The molecule has 0 aliphatic rings. The van der Waals surface area contributed by atoms with Crippen LogP contribution in [0.4, 0.5) is 13.2 Å². The third-order valence-electron chi connectivity index (χ3n) is 1.48. The summed E-state index contributed by atoms with van der Waals surface area (Å²) >= 11 is 0. The summed E-state index contributed by atoms with van der Waals surface area (Å²) in [5, 5.41) is 11.3. The molecule has 0 spiro atoms. The fourth-order valence-electron chi connectivity index (χ4n) is 0.875. The number of aromatic carboxylic acids is 1.